The summed E-state index contributed by atoms with van der Waals surface area (Å²) in [5, 5.41) is 4.85. The summed E-state index contributed by atoms with van der Waals surface area (Å²) < 4.78 is 87.7. The molecule has 3 heterocycles. The number of amides is 1. The molecule has 2 aromatic heterocycles. The van der Waals surface area contributed by atoms with Gasteiger partial charge in [0.2, 0.25) is 5.95 Å². The molecule has 0 spiro atoms. The van der Waals surface area contributed by atoms with E-state index in [2.05, 4.69) is 29.9 Å². The lowest BCUT2D eigenvalue weighted by Gasteiger charge is -2.30. The highest BCUT2D eigenvalue weighted by Gasteiger charge is 2.39. The number of likely N-dealkylation sites (N-methyl/N-ethyl adjacent to an activating group) is 1. The zero-order valence-electron chi connectivity index (χ0n) is 19.1. The number of methoxy groups -OCH3 is 1. The number of piperidine rings is 1. The largest absolute Gasteiger partial charge is 0.453 e. The third-order valence-electron chi connectivity index (χ3n) is 5.87. The lowest BCUT2D eigenvalue weighted by atomic mass is 10.0. The second-order valence-electron chi connectivity index (χ2n) is 8.43. The summed E-state index contributed by atoms with van der Waals surface area (Å²) in [5.41, 5.74) is -4.35. The van der Waals surface area contributed by atoms with Gasteiger partial charge in [-0.1, -0.05) is 6.07 Å². The van der Waals surface area contributed by atoms with Crippen molar-refractivity contribution in [1.29, 1.82) is 0 Å². The first-order valence-electron chi connectivity index (χ1n) is 10.8. The van der Waals surface area contributed by atoms with Crippen LogP contribution in [0.5, 0.6) is 0 Å². The molecule has 0 bridgehead atoms. The Balaban J connectivity index is 1.84. The highest BCUT2D eigenvalue weighted by atomic mass is 19.4. The number of halogens is 6. The third-order valence-corrected chi connectivity index (χ3v) is 5.87. The topological polar surface area (TPSA) is 95.2 Å². The molecule has 1 amide bonds. The number of fused-ring (bicyclic) bond motifs is 1. The van der Waals surface area contributed by atoms with Crippen LogP contribution in [0, 0.1) is 0 Å². The Morgan fingerprint density at radius 1 is 1.19 bits per heavy atom. The maximum absolute atomic E-state index is 13.9. The van der Waals surface area contributed by atoms with Crippen LogP contribution in [0.2, 0.25) is 0 Å². The summed E-state index contributed by atoms with van der Waals surface area (Å²) >= 11 is 0. The molecule has 3 aromatic rings. The fourth-order valence-corrected chi connectivity index (χ4v) is 4.29. The van der Waals surface area contributed by atoms with Gasteiger partial charge in [-0.2, -0.15) is 26.3 Å². The average molecular weight is 516 g/mol. The summed E-state index contributed by atoms with van der Waals surface area (Å²) in [4.78, 5) is 23.9. The van der Waals surface area contributed by atoms with Crippen molar-refractivity contribution in [3.05, 3.63) is 35.7 Å². The Morgan fingerprint density at radius 2 is 1.94 bits per heavy atom. The Labute approximate surface area is 201 Å². The summed E-state index contributed by atoms with van der Waals surface area (Å²) in [7, 11) is 2.90. The third kappa shape index (κ3) is 5.17. The van der Waals surface area contributed by atoms with Gasteiger partial charge in [-0.25, -0.2) is 14.8 Å². The molecular formula is C22H22F6N6O2. The molecule has 1 unspecified atom stereocenters. The van der Waals surface area contributed by atoms with Gasteiger partial charge in [0.25, 0.3) is 0 Å². The lowest BCUT2D eigenvalue weighted by Crippen LogP contribution is -2.40. The first-order chi connectivity index (χ1) is 16.9. The van der Waals surface area contributed by atoms with Crippen molar-refractivity contribution < 1.29 is 35.9 Å². The summed E-state index contributed by atoms with van der Waals surface area (Å²) in [6.07, 6.45) is -7.65. The Kier molecular flexibility index (Phi) is 6.73. The van der Waals surface area contributed by atoms with E-state index >= 15 is 0 Å². The summed E-state index contributed by atoms with van der Waals surface area (Å²) in [5.74, 6) is -0.0623. The minimum absolute atomic E-state index is 0.0623. The minimum atomic E-state index is -4.95. The van der Waals surface area contributed by atoms with Crippen molar-refractivity contribution in [2.75, 3.05) is 37.9 Å². The zero-order valence-corrected chi connectivity index (χ0v) is 19.1. The SMILES string of the molecule is COC(=O)Nc1ccc2c(-c3nc(NC4CCCN(C)C4)ncc3C(F)(F)F)c[nH]c2c1C(F)(F)F. The van der Waals surface area contributed by atoms with Gasteiger partial charge >= 0.3 is 18.4 Å². The van der Waals surface area contributed by atoms with E-state index in [1.807, 2.05) is 12.4 Å². The fraction of sp³-hybridized carbons (Fsp3) is 0.409. The molecule has 4 rings (SSSR count). The number of hydrogen-bond acceptors (Lipinski definition) is 6. The van der Waals surface area contributed by atoms with Crippen LogP contribution < -0.4 is 10.6 Å². The van der Waals surface area contributed by atoms with E-state index in [0.717, 1.165) is 38.8 Å². The predicted octanol–water partition coefficient (Wildman–Crippen LogP) is 5.35. The maximum Gasteiger partial charge on any atom is 0.420 e. The molecule has 1 aliphatic heterocycles. The number of anilines is 2. The first-order valence-corrected chi connectivity index (χ1v) is 10.8. The minimum Gasteiger partial charge on any atom is -0.453 e. The molecule has 1 saturated heterocycles. The molecule has 0 saturated carbocycles. The van der Waals surface area contributed by atoms with Crippen LogP contribution in [0.1, 0.15) is 24.0 Å². The predicted molar refractivity (Wildman–Crippen MR) is 119 cm³/mol. The molecule has 8 nitrogen and oxygen atoms in total. The lowest BCUT2D eigenvalue weighted by molar-refractivity contribution is -0.137. The van der Waals surface area contributed by atoms with E-state index in [1.165, 1.54) is 6.07 Å². The van der Waals surface area contributed by atoms with Crippen molar-refractivity contribution in [2.45, 2.75) is 31.2 Å². The van der Waals surface area contributed by atoms with Crippen LogP contribution in [0.3, 0.4) is 0 Å². The Morgan fingerprint density at radius 3 is 2.58 bits per heavy atom. The van der Waals surface area contributed by atoms with Crippen molar-refractivity contribution in [3.8, 4) is 11.3 Å². The van der Waals surface area contributed by atoms with Crippen LogP contribution in [0.4, 0.5) is 42.8 Å². The number of ether oxygens (including phenoxy) is 1. The van der Waals surface area contributed by atoms with Gasteiger partial charge in [-0.05, 0) is 32.5 Å². The van der Waals surface area contributed by atoms with Gasteiger partial charge in [0.15, 0.2) is 0 Å². The number of aromatic amines is 1. The van der Waals surface area contributed by atoms with E-state index in [-0.39, 0.29) is 22.9 Å². The molecule has 3 N–H and O–H groups in total. The molecule has 0 radical (unpaired) electrons. The van der Waals surface area contributed by atoms with Crippen LogP contribution in [-0.4, -0.2) is 59.2 Å². The molecule has 14 heteroatoms. The normalized spacial score (nSPS) is 17.3. The quantitative estimate of drug-likeness (QED) is 0.405. The van der Waals surface area contributed by atoms with Crippen LogP contribution >= 0.6 is 0 Å². The van der Waals surface area contributed by atoms with Gasteiger partial charge in [-0.3, -0.25) is 5.32 Å². The number of nitrogens with one attached hydrogen (secondary N) is 3. The zero-order chi connectivity index (χ0) is 26.3. The second-order valence-corrected chi connectivity index (χ2v) is 8.43. The van der Waals surface area contributed by atoms with Crippen LogP contribution in [0.15, 0.2) is 24.5 Å². The van der Waals surface area contributed by atoms with E-state index in [0.29, 0.717) is 12.7 Å². The van der Waals surface area contributed by atoms with Crippen molar-refractivity contribution in [3.63, 3.8) is 0 Å². The number of rotatable bonds is 4. The molecule has 1 atom stereocenters. The first kappa shape index (κ1) is 25.5. The van der Waals surface area contributed by atoms with Gasteiger partial charge in [0.1, 0.15) is 11.1 Å². The van der Waals surface area contributed by atoms with E-state index in [4.69, 9.17) is 0 Å². The number of aromatic nitrogens is 3. The highest BCUT2D eigenvalue weighted by Crippen LogP contribution is 2.44. The smallest absolute Gasteiger partial charge is 0.420 e. The van der Waals surface area contributed by atoms with E-state index < -0.39 is 46.5 Å². The van der Waals surface area contributed by atoms with Crippen molar-refractivity contribution >= 4 is 28.6 Å². The van der Waals surface area contributed by atoms with Gasteiger partial charge in [0.05, 0.1) is 24.0 Å². The fourth-order valence-electron chi connectivity index (χ4n) is 4.29. The standard InChI is InChI=1S/C22H22F6N6O2/c1-34-7-3-4-11(10-34)31-19-30-9-14(21(23,24)25)17(33-19)13-8-29-18-12(13)5-6-15(32-20(35)36-2)16(18)22(26,27)28/h5-6,8-9,11,29H,3-4,7,10H2,1-2H3,(H,32,35)(H,30,31,33). The van der Waals surface area contributed by atoms with Crippen molar-refractivity contribution in [1.82, 2.24) is 19.9 Å². The molecular weight excluding hydrogens is 494 g/mol. The van der Waals surface area contributed by atoms with Gasteiger partial charge < -0.3 is 19.9 Å². The van der Waals surface area contributed by atoms with Crippen LogP contribution in [0.25, 0.3) is 22.2 Å². The highest BCUT2D eigenvalue weighted by molar-refractivity contribution is 6.01. The van der Waals surface area contributed by atoms with Crippen LogP contribution in [-0.2, 0) is 17.1 Å². The van der Waals surface area contributed by atoms with E-state index in [9.17, 15) is 31.1 Å². The molecule has 1 fully saturated rings. The number of nitrogens with zero attached hydrogens (tertiary/aromatic N) is 3. The number of carbonyl (C=O) groups is 1. The Hall–Kier alpha value is -3.55. The number of benzene rings is 1. The number of carbonyl (C=O) groups excluding carboxylic acids is 1. The van der Waals surface area contributed by atoms with Gasteiger partial charge in [0, 0.05) is 35.9 Å². The Bertz CT molecular complexity index is 1270. The second kappa shape index (κ2) is 9.48. The maximum atomic E-state index is 13.9. The average Bonchev–Trinajstić information content (AvgIpc) is 3.21. The van der Waals surface area contributed by atoms with Gasteiger partial charge in [-0.15, -0.1) is 0 Å². The molecule has 1 aromatic carbocycles. The molecule has 1 aliphatic rings. The number of likely N-dealkylation sites (tertiary alicyclic amines) is 1. The number of alkyl halides is 6. The molecule has 194 valence electrons. The van der Waals surface area contributed by atoms with E-state index in [1.54, 1.807) is 0 Å². The monoisotopic (exact) mass is 516 g/mol. The summed E-state index contributed by atoms with van der Waals surface area (Å²) in [6, 6.07) is 2.03. The number of hydrogen-bond donors (Lipinski definition) is 3. The number of H-pyrrole nitrogens is 1. The summed E-state index contributed by atoms with van der Waals surface area (Å²) in [6.45, 7) is 1.53. The molecule has 36 heavy (non-hydrogen) atoms. The molecule has 0 aliphatic carbocycles. The van der Waals surface area contributed by atoms with Crippen molar-refractivity contribution in [2.24, 2.45) is 0 Å².